The molecule has 4 rings (SSSR count). The predicted molar refractivity (Wildman–Crippen MR) is 95.5 cm³/mol. The topological polar surface area (TPSA) is 63.9 Å². The first-order chi connectivity index (χ1) is 13.3. The van der Waals surface area contributed by atoms with Gasteiger partial charge in [0, 0.05) is 25.0 Å². The van der Waals surface area contributed by atoms with Gasteiger partial charge in [0.25, 0.3) is 5.91 Å². The van der Waals surface area contributed by atoms with Crippen LogP contribution in [-0.2, 0) is 15.7 Å². The Morgan fingerprint density at radius 3 is 2.79 bits per heavy atom. The van der Waals surface area contributed by atoms with Crippen LogP contribution in [-0.4, -0.2) is 51.0 Å². The van der Waals surface area contributed by atoms with Gasteiger partial charge in [-0.15, -0.1) is 0 Å². The van der Waals surface area contributed by atoms with Gasteiger partial charge in [-0.05, 0) is 31.5 Å². The molecule has 1 amide bonds. The largest absolute Gasteiger partial charge is 0.449 e. The van der Waals surface area contributed by atoms with E-state index in [1.165, 1.54) is 6.07 Å². The number of hydrogen-bond acceptors (Lipinski definition) is 5. The summed E-state index contributed by atoms with van der Waals surface area (Å²) >= 11 is 0. The summed E-state index contributed by atoms with van der Waals surface area (Å²) in [6.07, 6.45) is -3.87. The number of carbonyl (C=O) groups is 1. The van der Waals surface area contributed by atoms with E-state index in [1.807, 2.05) is 11.8 Å². The van der Waals surface area contributed by atoms with Crippen LogP contribution in [0.5, 0.6) is 0 Å². The highest BCUT2D eigenvalue weighted by Crippen LogP contribution is 2.39. The quantitative estimate of drug-likeness (QED) is 0.860. The van der Waals surface area contributed by atoms with Gasteiger partial charge in [-0.2, -0.15) is 13.2 Å². The highest BCUT2D eigenvalue weighted by molar-refractivity contribution is 6.07. The lowest BCUT2D eigenvalue weighted by Crippen LogP contribution is -2.38. The Morgan fingerprint density at radius 2 is 2.07 bits per heavy atom. The van der Waals surface area contributed by atoms with Gasteiger partial charge in [-0.3, -0.25) is 4.79 Å². The summed E-state index contributed by atoms with van der Waals surface area (Å²) in [4.78, 5) is 14.2. The Hall–Kier alpha value is -2.26. The van der Waals surface area contributed by atoms with Gasteiger partial charge in [0.05, 0.1) is 36.7 Å². The smallest absolute Gasteiger partial charge is 0.416 e. The van der Waals surface area contributed by atoms with E-state index in [1.54, 1.807) is 0 Å². The number of amides is 1. The second kappa shape index (κ2) is 7.29. The van der Waals surface area contributed by atoms with Gasteiger partial charge in [0.2, 0.25) is 5.76 Å². The summed E-state index contributed by atoms with van der Waals surface area (Å²) < 4.78 is 56.5. The van der Waals surface area contributed by atoms with Crippen LogP contribution in [0, 0.1) is 0 Å². The van der Waals surface area contributed by atoms with Crippen LogP contribution in [0.1, 0.15) is 29.5 Å². The maximum Gasteiger partial charge on any atom is 0.416 e. The average molecular weight is 398 g/mol. The maximum atomic E-state index is 13.2. The average Bonchev–Trinajstić information content (AvgIpc) is 2.96. The van der Waals surface area contributed by atoms with Crippen molar-refractivity contribution in [2.45, 2.75) is 31.7 Å². The zero-order valence-electron chi connectivity index (χ0n) is 15.3. The molecule has 3 heterocycles. The van der Waals surface area contributed by atoms with Crippen LogP contribution in [0.15, 0.2) is 22.6 Å². The second-order valence-electron chi connectivity index (χ2n) is 7.12. The summed E-state index contributed by atoms with van der Waals surface area (Å²) in [5.41, 5.74) is -0.112. The van der Waals surface area contributed by atoms with E-state index in [-0.39, 0.29) is 28.9 Å². The van der Waals surface area contributed by atoms with Crippen LogP contribution >= 0.6 is 0 Å². The molecule has 0 aliphatic carbocycles. The van der Waals surface area contributed by atoms with E-state index < -0.39 is 17.6 Å². The molecule has 9 heteroatoms. The molecule has 1 N–H and O–H groups in total. The molecule has 0 bridgehead atoms. The number of nitrogens with zero attached hydrogens (tertiary/aromatic N) is 1. The van der Waals surface area contributed by atoms with Gasteiger partial charge in [-0.25, -0.2) is 0 Å². The monoisotopic (exact) mass is 398 g/mol. The Kier molecular flexibility index (Phi) is 4.96. The van der Waals surface area contributed by atoms with Crippen LogP contribution in [0.4, 0.5) is 18.9 Å². The molecule has 0 unspecified atom stereocenters. The number of nitrogens with one attached hydrogen (secondary N) is 1. The van der Waals surface area contributed by atoms with Crippen molar-refractivity contribution in [3.8, 4) is 0 Å². The minimum atomic E-state index is -4.47. The van der Waals surface area contributed by atoms with Gasteiger partial charge < -0.3 is 24.1 Å². The first-order valence-electron chi connectivity index (χ1n) is 9.23. The van der Waals surface area contributed by atoms with Crippen LogP contribution in [0.3, 0.4) is 0 Å². The van der Waals surface area contributed by atoms with E-state index in [0.717, 1.165) is 12.1 Å². The molecule has 1 saturated heterocycles. The van der Waals surface area contributed by atoms with Crippen molar-refractivity contribution in [1.29, 1.82) is 0 Å². The first-order valence-corrected chi connectivity index (χ1v) is 9.23. The minimum absolute atomic E-state index is 0.0428. The predicted octanol–water partition coefficient (Wildman–Crippen LogP) is 3.20. The molecule has 2 atom stereocenters. The molecule has 0 spiro atoms. The Bertz CT molecular complexity index is 872. The molecule has 6 nitrogen and oxygen atoms in total. The lowest BCUT2D eigenvalue weighted by molar-refractivity contribution is -0.137. The third kappa shape index (κ3) is 3.68. The fourth-order valence-electron chi connectivity index (χ4n) is 3.55. The van der Waals surface area contributed by atoms with E-state index in [4.69, 9.17) is 13.9 Å². The molecule has 2 aliphatic heterocycles. The molecule has 2 aromatic rings. The molecule has 1 aromatic carbocycles. The number of alkyl halides is 3. The van der Waals surface area contributed by atoms with Crippen LogP contribution in [0.2, 0.25) is 0 Å². The zero-order chi connectivity index (χ0) is 19.9. The van der Waals surface area contributed by atoms with Gasteiger partial charge in [0.15, 0.2) is 0 Å². The van der Waals surface area contributed by atoms with Crippen molar-refractivity contribution in [3.63, 3.8) is 0 Å². The molecule has 1 aromatic heterocycles. The third-order valence-corrected chi connectivity index (χ3v) is 5.03. The maximum absolute atomic E-state index is 13.2. The van der Waals surface area contributed by atoms with Gasteiger partial charge in [0.1, 0.15) is 5.58 Å². The SMILES string of the molecule is C[C@H]1CO[C@@H](CCN2CCNC(=O)c3oc4ccc(C(F)(F)F)cc4c32)CO1. The van der Waals surface area contributed by atoms with E-state index in [0.29, 0.717) is 45.0 Å². The third-order valence-electron chi connectivity index (χ3n) is 5.03. The summed E-state index contributed by atoms with van der Waals surface area (Å²) in [5.74, 6) is -0.380. The van der Waals surface area contributed by atoms with Crippen LogP contribution in [0.25, 0.3) is 11.0 Å². The Morgan fingerprint density at radius 1 is 1.25 bits per heavy atom. The highest BCUT2D eigenvalue weighted by atomic mass is 19.4. The van der Waals surface area contributed by atoms with Gasteiger partial charge in [-0.1, -0.05) is 0 Å². The highest BCUT2D eigenvalue weighted by Gasteiger charge is 2.34. The summed E-state index contributed by atoms with van der Waals surface area (Å²) in [7, 11) is 0. The normalized spacial score (nSPS) is 23.4. The molecule has 0 radical (unpaired) electrons. The number of carbonyl (C=O) groups excluding carboxylic acids is 1. The van der Waals surface area contributed by atoms with Crippen LogP contribution < -0.4 is 10.2 Å². The summed E-state index contributed by atoms with van der Waals surface area (Å²) in [5, 5.41) is 3.02. The molecule has 2 aliphatic rings. The minimum Gasteiger partial charge on any atom is -0.449 e. The van der Waals surface area contributed by atoms with E-state index in [9.17, 15) is 18.0 Å². The molecule has 28 heavy (non-hydrogen) atoms. The fourth-order valence-corrected chi connectivity index (χ4v) is 3.55. The van der Waals surface area contributed by atoms with Crippen molar-refractivity contribution < 1.29 is 31.9 Å². The number of rotatable bonds is 3. The molecule has 152 valence electrons. The van der Waals surface area contributed by atoms with E-state index >= 15 is 0 Å². The number of benzene rings is 1. The molecular weight excluding hydrogens is 377 g/mol. The lowest BCUT2D eigenvalue weighted by atomic mass is 10.1. The Labute approximate surface area is 159 Å². The first kappa shape index (κ1) is 19.1. The number of anilines is 1. The fraction of sp³-hybridized carbons (Fsp3) is 0.526. The van der Waals surface area contributed by atoms with Gasteiger partial charge >= 0.3 is 6.18 Å². The lowest BCUT2D eigenvalue weighted by Gasteiger charge is -2.30. The summed E-state index contributed by atoms with van der Waals surface area (Å²) in [6.45, 7) is 4.28. The second-order valence-corrected chi connectivity index (χ2v) is 7.12. The number of furan rings is 1. The van der Waals surface area contributed by atoms with Crippen molar-refractivity contribution in [3.05, 3.63) is 29.5 Å². The molecule has 0 saturated carbocycles. The zero-order valence-corrected chi connectivity index (χ0v) is 15.3. The summed E-state index contributed by atoms with van der Waals surface area (Å²) in [6, 6.07) is 3.27. The van der Waals surface area contributed by atoms with Crippen molar-refractivity contribution >= 4 is 22.6 Å². The number of hydrogen-bond donors (Lipinski definition) is 1. The molecule has 1 fully saturated rings. The van der Waals surface area contributed by atoms with E-state index in [2.05, 4.69) is 5.32 Å². The number of fused-ring (bicyclic) bond motifs is 3. The number of ether oxygens (including phenoxy) is 2. The van der Waals surface area contributed by atoms with Crippen molar-refractivity contribution in [2.24, 2.45) is 0 Å². The Balaban J connectivity index is 1.65. The number of halogens is 3. The molecular formula is C19H21F3N2O4. The van der Waals surface area contributed by atoms with Crippen molar-refractivity contribution in [2.75, 3.05) is 37.7 Å². The van der Waals surface area contributed by atoms with Crippen molar-refractivity contribution in [1.82, 2.24) is 5.32 Å². The standard InChI is InChI=1S/C19H21F3N2O4/c1-11-9-27-13(10-26-11)4-6-24-7-5-23-18(25)17-16(24)14-8-12(19(20,21)22)2-3-15(14)28-17/h2-3,8,11,13H,4-7,9-10H2,1H3,(H,23,25)/t11-,13-/m0/s1.